The van der Waals surface area contributed by atoms with Gasteiger partial charge in [0.1, 0.15) is 6.10 Å². The summed E-state index contributed by atoms with van der Waals surface area (Å²) in [6, 6.07) is 7.99. The molecule has 0 bridgehead atoms. The normalized spacial score (nSPS) is 13.3. The number of hydrogen-bond acceptors (Lipinski definition) is 3. The molecule has 0 amide bonds. The second kappa shape index (κ2) is 4.86. The van der Waals surface area contributed by atoms with Gasteiger partial charge in [0, 0.05) is 12.4 Å². The maximum Gasteiger partial charge on any atom is 0.123 e. The van der Waals surface area contributed by atoms with E-state index in [0.717, 1.165) is 5.56 Å². The van der Waals surface area contributed by atoms with E-state index >= 15 is 0 Å². The van der Waals surface area contributed by atoms with E-state index in [2.05, 4.69) is 42.9 Å². The molecule has 0 spiro atoms. The Bertz CT molecular complexity index is 500. The molecule has 94 valence electrons. The number of benzene rings is 1. The van der Waals surface area contributed by atoms with E-state index in [1.54, 1.807) is 18.6 Å². The van der Waals surface area contributed by atoms with Crippen molar-refractivity contribution in [3.05, 3.63) is 59.7 Å². The quantitative estimate of drug-likeness (QED) is 0.880. The third-order valence-corrected chi connectivity index (χ3v) is 2.96. The van der Waals surface area contributed by atoms with Gasteiger partial charge in [-0.1, -0.05) is 45.0 Å². The third-order valence-electron chi connectivity index (χ3n) is 2.96. The molecule has 1 aromatic carbocycles. The van der Waals surface area contributed by atoms with Crippen LogP contribution in [0.4, 0.5) is 0 Å². The highest BCUT2D eigenvalue weighted by Gasteiger charge is 2.15. The molecule has 0 aliphatic rings. The number of aliphatic hydroxyl groups is 1. The Balaban J connectivity index is 2.25. The molecule has 0 saturated heterocycles. The largest absolute Gasteiger partial charge is 0.382 e. The minimum atomic E-state index is -0.715. The van der Waals surface area contributed by atoms with Crippen LogP contribution in [-0.4, -0.2) is 15.1 Å². The summed E-state index contributed by atoms with van der Waals surface area (Å²) >= 11 is 0. The molecule has 18 heavy (non-hydrogen) atoms. The van der Waals surface area contributed by atoms with E-state index in [1.165, 1.54) is 5.56 Å². The topological polar surface area (TPSA) is 46.0 Å². The molecule has 1 N–H and O–H groups in total. The molecular formula is C15H18N2O. The van der Waals surface area contributed by atoms with Crippen molar-refractivity contribution in [1.29, 1.82) is 0 Å². The lowest BCUT2D eigenvalue weighted by atomic mass is 9.86. The van der Waals surface area contributed by atoms with Gasteiger partial charge in [-0.15, -0.1) is 0 Å². The lowest BCUT2D eigenvalue weighted by Crippen LogP contribution is -2.11. The van der Waals surface area contributed by atoms with Gasteiger partial charge >= 0.3 is 0 Å². The van der Waals surface area contributed by atoms with Gasteiger partial charge < -0.3 is 5.11 Å². The summed E-state index contributed by atoms with van der Waals surface area (Å²) < 4.78 is 0. The number of nitrogens with zero attached hydrogens (tertiary/aromatic N) is 2. The van der Waals surface area contributed by atoms with Crippen molar-refractivity contribution < 1.29 is 5.11 Å². The zero-order valence-electron chi connectivity index (χ0n) is 11.0. The molecular weight excluding hydrogens is 224 g/mol. The third kappa shape index (κ3) is 2.74. The number of hydrogen-bond donors (Lipinski definition) is 1. The van der Waals surface area contributed by atoms with E-state index in [1.807, 2.05) is 12.1 Å². The smallest absolute Gasteiger partial charge is 0.123 e. The van der Waals surface area contributed by atoms with Crippen LogP contribution in [0.25, 0.3) is 0 Å². The highest BCUT2D eigenvalue weighted by molar-refractivity contribution is 5.31. The zero-order chi connectivity index (χ0) is 13.2. The Morgan fingerprint density at radius 3 is 2.22 bits per heavy atom. The van der Waals surface area contributed by atoms with E-state index in [9.17, 15) is 5.11 Å². The van der Waals surface area contributed by atoms with Gasteiger partial charge in [0.15, 0.2) is 0 Å². The first-order chi connectivity index (χ1) is 8.48. The molecule has 0 aliphatic carbocycles. The van der Waals surface area contributed by atoms with Gasteiger partial charge in [0.05, 0.1) is 11.9 Å². The Morgan fingerprint density at radius 2 is 1.72 bits per heavy atom. The van der Waals surface area contributed by atoms with Crippen LogP contribution < -0.4 is 0 Å². The Kier molecular flexibility index (Phi) is 3.43. The molecule has 1 heterocycles. The highest BCUT2D eigenvalue weighted by atomic mass is 16.3. The summed E-state index contributed by atoms with van der Waals surface area (Å²) in [5.74, 6) is 0. The van der Waals surface area contributed by atoms with Crippen LogP contribution in [0.5, 0.6) is 0 Å². The van der Waals surface area contributed by atoms with E-state index < -0.39 is 6.10 Å². The van der Waals surface area contributed by atoms with Gasteiger partial charge in [0.25, 0.3) is 0 Å². The minimum absolute atomic E-state index is 0.121. The molecule has 3 heteroatoms. The van der Waals surface area contributed by atoms with Crippen LogP contribution in [-0.2, 0) is 5.41 Å². The average Bonchev–Trinajstić information content (AvgIpc) is 2.38. The maximum absolute atomic E-state index is 10.2. The average molecular weight is 242 g/mol. The van der Waals surface area contributed by atoms with Crippen molar-refractivity contribution >= 4 is 0 Å². The van der Waals surface area contributed by atoms with E-state index in [0.29, 0.717) is 5.69 Å². The van der Waals surface area contributed by atoms with Crippen molar-refractivity contribution in [3.8, 4) is 0 Å². The predicted molar refractivity (Wildman–Crippen MR) is 71.2 cm³/mol. The SMILES string of the molecule is CC(C)(C)c1ccc(C(O)c2cnccn2)cc1. The number of rotatable bonds is 2. The van der Waals surface area contributed by atoms with E-state index in [-0.39, 0.29) is 5.41 Å². The molecule has 3 nitrogen and oxygen atoms in total. The van der Waals surface area contributed by atoms with Crippen molar-refractivity contribution in [2.75, 3.05) is 0 Å². The molecule has 2 rings (SSSR count). The van der Waals surface area contributed by atoms with Crippen LogP contribution in [0.15, 0.2) is 42.9 Å². The molecule has 2 aromatic rings. The van der Waals surface area contributed by atoms with Crippen LogP contribution >= 0.6 is 0 Å². The molecule has 0 radical (unpaired) electrons. The fourth-order valence-corrected chi connectivity index (χ4v) is 1.79. The first-order valence-corrected chi connectivity index (χ1v) is 6.03. The van der Waals surface area contributed by atoms with Gasteiger partial charge in [-0.25, -0.2) is 0 Å². The summed E-state index contributed by atoms with van der Waals surface area (Å²) in [7, 11) is 0. The monoisotopic (exact) mass is 242 g/mol. The second-order valence-electron chi connectivity index (χ2n) is 5.40. The molecule has 0 aliphatic heterocycles. The zero-order valence-corrected chi connectivity index (χ0v) is 11.0. The van der Waals surface area contributed by atoms with Crippen LogP contribution in [0.1, 0.15) is 43.7 Å². The highest BCUT2D eigenvalue weighted by Crippen LogP contribution is 2.25. The van der Waals surface area contributed by atoms with Gasteiger partial charge in [-0.3, -0.25) is 9.97 Å². The Hall–Kier alpha value is -1.74. The first-order valence-electron chi connectivity index (χ1n) is 6.03. The fraction of sp³-hybridized carbons (Fsp3) is 0.333. The minimum Gasteiger partial charge on any atom is -0.382 e. The molecule has 0 saturated carbocycles. The van der Waals surface area contributed by atoms with Crippen LogP contribution in [0.2, 0.25) is 0 Å². The lowest BCUT2D eigenvalue weighted by Gasteiger charge is -2.20. The molecule has 1 unspecified atom stereocenters. The van der Waals surface area contributed by atoms with Crippen LogP contribution in [0.3, 0.4) is 0 Å². The number of aromatic nitrogens is 2. The summed E-state index contributed by atoms with van der Waals surface area (Å²) in [6.07, 6.45) is 4.05. The summed E-state index contributed by atoms with van der Waals surface area (Å²) in [4.78, 5) is 8.08. The van der Waals surface area contributed by atoms with Crippen molar-refractivity contribution in [2.45, 2.75) is 32.3 Å². The number of aliphatic hydroxyl groups excluding tert-OH is 1. The molecule has 1 aromatic heterocycles. The molecule has 0 fully saturated rings. The van der Waals surface area contributed by atoms with Gasteiger partial charge in [-0.05, 0) is 16.5 Å². The predicted octanol–water partition coefficient (Wildman–Crippen LogP) is 2.86. The van der Waals surface area contributed by atoms with Gasteiger partial charge in [-0.2, -0.15) is 0 Å². The van der Waals surface area contributed by atoms with Crippen LogP contribution in [0, 0.1) is 0 Å². The Labute approximate surface area is 108 Å². The fourth-order valence-electron chi connectivity index (χ4n) is 1.79. The summed E-state index contributed by atoms with van der Waals surface area (Å²) in [5.41, 5.74) is 2.78. The molecule has 1 atom stereocenters. The summed E-state index contributed by atoms with van der Waals surface area (Å²) in [5, 5.41) is 10.2. The van der Waals surface area contributed by atoms with Crippen molar-refractivity contribution in [1.82, 2.24) is 9.97 Å². The summed E-state index contributed by atoms with van der Waals surface area (Å²) in [6.45, 7) is 6.50. The Morgan fingerprint density at radius 1 is 1.06 bits per heavy atom. The maximum atomic E-state index is 10.2. The van der Waals surface area contributed by atoms with Crippen molar-refractivity contribution in [2.24, 2.45) is 0 Å². The standard InChI is InChI=1S/C15H18N2O/c1-15(2,3)12-6-4-11(5-7-12)14(18)13-10-16-8-9-17-13/h4-10,14,18H,1-3H3. The van der Waals surface area contributed by atoms with Gasteiger partial charge in [0.2, 0.25) is 0 Å². The first kappa shape index (κ1) is 12.7. The van der Waals surface area contributed by atoms with E-state index in [4.69, 9.17) is 0 Å². The van der Waals surface area contributed by atoms with Crippen molar-refractivity contribution in [3.63, 3.8) is 0 Å². The second-order valence-corrected chi connectivity index (χ2v) is 5.40. The lowest BCUT2D eigenvalue weighted by molar-refractivity contribution is 0.214.